The number of hydrogen-bond donors (Lipinski definition) is 2. The molecule has 0 spiro atoms. The van der Waals surface area contributed by atoms with Crippen molar-refractivity contribution in [3.8, 4) is 0 Å². The number of carbonyl (C=O) groups excluding carboxylic acids is 1. The first kappa shape index (κ1) is 17.7. The summed E-state index contributed by atoms with van der Waals surface area (Å²) in [6, 6.07) is 9.07. The molecule has 0 saturated carbocycles. The van der Waals surface area contributed by atoms with Crippen LogP contribution in [0.1, 0.15) is 22.8 Å². The zero-order valence-electron chi connectivity index (χ0n) is 12.9. The summed E-state index contributed by atoms with van der Waals surface area (Å²) in [5, 5.41) is 10.4. The molecule has 0 radical (unpaired) electrons. The molecule has 0 atom stereocenters. The van der Waals surface area contributed by atoms with Gasteiger partial charge in [0.15, 0.2) is 5.82 Å². The van der Waals surface area contributed by atoms with Crippen molar-refractivity contribution >= 4 is 21.8 Å². The van der Waals surface area contributed by atoms with Crippen molar-refractivity contribution in [2.45, 2.75) is 18.4 Å². The zero-order valence-corrected chi connectivity index (χ0v) is 13.7. The van der Waals surface area contributed by atoms with Gasteiger partial charge in [0.05, 0.1) is 17.0 Å². The molecule has 24 heavy (non-hydrogen) atoms. The van der Waals surface area contributed by atoms with E-state index in [2.05, 4.69) is 20.5 Å². The van der Waals surface area contributed by atoms with Crippen molar-refractivity contribution in [3.63, 3.8) is 0 Å². The standard InChI is InChI=1S/C15H16N4O4S/c1-2-16-15(20)12-7-8-14(17-9-12)19-18-10-11-5-3-4-6-13(11)24(21,22)23/h3-9H,2,10H2,1H3,(H,16,20)(H,21,22,23). The van der Waals surface area contributed by atoms with Gasteiger partial charge in [-0.2, -0.15) is 13.5 Å². The van der Waals surface area contributed by atoms with Crippen LogP contribution in [0.5, 0.6) is 0 Å². The molecule has 0 saturated heterocycles. The van der Waals surface area contributed by atoms with Gasteiger partial charge in [-0.1, -0.05) is 18.2 Å². The Morgan fingerprint density at radius 1 is 1.25 bits per heavy atom. The SMILES string of the molecule is CCNC(=O)c1ccc(N=NCc2ccccc2S(=O)(=O)O)nc1. The van der Waals surface area contributed by atoms with Gasteiger partial charge >= 0.3 is 0 Å². The number of azo groups is 1. The minimum absolute atomic E-state index is 0.0320. The summed E-state index contributed by atoms with van der Waals surface area (Å²) in [5.74, 6) is 0.0583. The van der Waals surface area contributed by atoms with Crippen molar-refractivity contribution in [1.29, 1.82) is 0 Å². The molecule has 8 nitrogen and oxygen atoms in total. The van der Waals surface area contributed by atoms with E-state index in [1.165, 1.54) is 30.5 Å². The highest BCUT2D eigenvalue weighted by molar-refractivity contribution is 7.85. The molecule has 1 aromatic carbocycles. The van der Waals surface area contributed by atoms with Crippen LogP contribution in [0.2, 0.25) is 0 Å². The lowest BCUT2D eigenvalue weighted by atomic mass is 10.2. The fourth-order valence-corrected chi connectivity index (χ4v) is 2.63. The third-order valence-corrected chi connectivity index (χ3v) is 3.97. The van der Waals surface area contributed by atoms with Crippen LogP contribution in [0.25, 0.3) is 0 Å². The van der Waals surface area contributed by atoms with Crippen molar-refractivity contribution < 1.29 is 17.8 Å². The minimum Gasteiger partial charge on any atom is -0.352 e. The van der Waals surface area contributed by atoms with E-state index in [0.717, 1.165) is 0 Å². The van der Waals surface area contributed by atoms with Crippen LogP contribution >= 0.6 is 0 Å². The molecule has 0 aliphatic carbocycles. The van der Waals surface area contributed by atoms with E-state index in [4.69, 9.17) is 4.55 Å². The Morgan fingerprint density at radius 3 is 2.62 bits per heavy atom. The highest BCUT2D eigenvalue weighted by atomic mass is 32.2. The van der Waals surface area contributed by atoms with Gasteiger partial charge < -0.3 is 5.32 Å². The fourth-order valence-electron chi connectivity index (χ4n) is 1.91. The Labute approximate surface area is 139 Å². The van der Waals surface area contributed by atoms with Crippen LogP contribution in [0, 0.1) is 0 Å². The summed E-state index contributed by atoms with van der Waals surface area (Å²) < 4.78 is 31.7. The Hall–Kier alpha value is -2.65. The smallest absolute Gasteiger partial charge is 0.294 e. The van der Waals surface area contributed by atoms with Crippen LogP contribution in [0.4, 0.5) is 5.82 Å². The largest absolute Gasteiger partial charge is 0.352 e. The van der Waals surface area contributed by atoms with Gasteiger partial charge in [0, 0.05) is 12.7 Å². The van der Waals surface area contributed by atoms with Crippen molar-refractivity contribution in [3.05, 3.63) is 53.7 Å². The Kier molecular flexibility index (Phi) is 5.72. The average Bonchev–Trinajstić information content (AvgIpc) is 2.55. The number of nitrogens with one attached hydrogen (secondary N) is 1. The highest BCUT2D eigenvalue weighted by Gasteiger charge is 2.14. The molecule has 9 heteroatoms. The number of benzene rings is 1. The molecular formula is C15H16N4O4S. The molecular weight excluding hydrogens is 332 g/mol. The Balaban J connectivity index is 2.09. The van der Waals surface area contributed by atoms with E-state index in [-0.39, 0.29) is 23.2 Å². The van der Waals surface area contributed by atoms with Gasteiger partial charge in [-0.25, -0.2) is 4.98 Å². The van der Waals surface area contributed by atoms with Gasteiger partial charge in [0.2, 0.25) is 0 Å². The summed E-state index contributed by atoms with van der Waals surface area (Å²) >= 11 is 0. The zero-order chi connectivity index (χ0) is 17.6. The maximum Gasteiger partial charge on any atom is 0.294 e. The molecule has 0 aliphatic heterocycles. The second-order valence-electron chi connectivity index (χ2n) is 4.75. The van der Waals surface area contributed by atoms with E-state index in [1.54, 1.807) is 12.1 Å². The van der Waals surface area contributed by atoms with E-state index in [0.29, 0.717) is 17.7 Å². The lowest BCUT2D eigenvalue weighted by Gasteiger charge is -2.03. The average molecular weight is 348 g/mol. The predicted octanol–water partition coefficient (Wildman–Crippen LogP) is 2.36. The first-order valence-corrected chi connectivity index (χ1v) is 8.53. The lowest BCUT2D eigenvalue weighted by Crippen LogP contribution is -2.22. The molecule has 0 aliphatic rings. The first-order chi connectivity index (χ1) is 11.4. The second-order valence-corrected chi connectivity index (χ2v) is 6.14. The minimum atomic E-state index is -4.31. The molecule has 1 heterocycles. The number of carbonyl (C=O) groups is 1. The monoisotopic (exact) mass is 348 g/mol. The number of nitrogens with zero attached hydrogens (tertiary/aromatic N) is 3. The summed E-state index contributed by atoms with van der Waals surface area (Å²) in [4.78, 5) is 15.4. The van der Waals surface area contributed by atoms with E-state index < -0.39 is 10.1 Å². The van der Waals surface area contributed by atoms with Gasteiger partial charge in [-0.3, -0.25) is 9.35 Å². The van der Waals surface area contributed by atoms with Gasteiger partial charge in [-0.05, 0) is 30.7 Å². The van der Waals surface area contributed by atoms with Gasteiger partial charge in [0.1, 0.15) is 0 Å². The van der Waals surface area contributed by atoms with E-state index in [1.807, 2.05) is 6.92 Å². The number of rotatable bonds is 6. The highest BCUT2D eigenvalue weighted by Crippen LogP contribution is 2.17. The van der Waals surface area contributed by atoms with Crippen molar-refractivity contribution in [1.82, 2.24) is 10.3 Å². The molecule has 2 rings (SSSR count). The second kappa shape index (κ2) is 7.75. The predicted molar refractivity (Wildman–Crippen MR) is 86.7 cm³/mol. The molecule has 2 aromatic rings. The number of amides is 1. The van der Waals surface area contributed by atoms with Gasteiger partial charge in [-0.15, -0.1) is 5.11 Å². The Morgan fingerprint density at radius 2 is 2.00 bits per heavy atom. The molecule has 2 N–H and O–H groups in total. The third kappa shape index (κ3) is 4.67. The number of hydrogen-bond acceptors (Lipinski definition) is 6. The summed E-state index contributed by atoms with van der Waals surface area (Å²) in [5.41, 5.74) is 0.732. The maximum absolute atomic E-state index is 11.6. The van der Waals surface area contributed by atoms with Crippen LogP contribution in [0.3, 0.4) is 0 Å². The number of aromatic nitrogens is 1. The topological polar surface area (TPSA) is 121 Å². The van der Waals surface area contributed by atoms with Crippen LogP contribution in [-0.4, -0.2) is 30.4 Å². The van der Waals surface area contributed by atoms with E-state index in [9.17, 15) is 13.2 Å². The molecule has 0 bridgehead atoms. The molecule has 1 aromatic heterocycles. The third-order valence-electron chi connectivity index (χ3n) is 3.01. The molecule has 126 valence electrons. The van der Waals surface area contributed by atoms with Gasteiger partial charge in [0.25, 0.3) is 16.0 Å². The quantitative estimate of drug-likeness (QED) is 0.613. The van der Waals surface area contributed by atoms with Crippen LogP contribution in [0.15, 0.2) is 57.7 Å². The summed E-state index contributed by atoms with van der Waals surface area (Å²) in [7, 11) is -4.31. The first-order valence-electron chi connectivity index (χ1n) is 7.09. The normalized spacial score (nSPS) is 11.6. The van der Waals surface area contributed by atoms with Crippen molar-refractivity contribution in [2.24, 2.45) is 10.2 Å². The summed E-state index contributed by atoms with van der Waals surface area (Å²) in [6.45, 7) is 2.31. The molecule has 0 unspecified atom stereocenters. The number of pyridine rings is 1. The lowest BCUT2D eigenvalue weighted by molar-refractivity contribution is 0.0955. The fraction of sp³-hybridized carbons (Fsp3) is 0.200. The molecule has 0 fully saturated rings. The molecule has 1 amide bonds. The Bertz CT molecular complexity index is 848. The van der Waals surface area contributed by atoms with Crippen LogP contribution < -0.4 is 5.32 Å². The van der Waals surface area contributed by atoms with Crippen LogP contribution in [-0.2, 0) is 16.7 Å². The maximum atomic E-state index is 11.6. The summed E-state index contributed by atoms with van der Waals surface area (Å²) in [6.07, 6.45) is 1.38. The van der Waals surface area contributed by atoms with E-state index >= 15 is 0 Å². The van der Waals surface area contributed by atoms with Crippen molar-refractivity contribution in [2.75, 3.05) is 6.54 Å².